The standard InChI is InChI=1S/C19H18FN3O2.C5H5N5/c1-2-14-18(16-5-3-4-8-21-16)17(19(25)22-9-10-24)13-11-12(20)6-7-15(13)23-14;6-1-3-4(7)9-2-10-5(3)8/h3-8,11,24H,2,9-10H2,1H3,(H,22,25);2H,(H4,7,8,9,10). The number of amides is 1. The Hall–Kier alpha value is -4.69. The van der Waals surface area contributed by atoms with E-state index in [1.54, 1.807) is 30.5 Å². The molecule has 4 aromatic rings. The van der Waals surface area contributed by atoms with Crippen molar-refractivity contribution in [3.05, 3.63) is 71.6 Å². The monoisotopic (exact) mass is 474 g/mol. The van der Waals surface area contributed by atoms with Crippen molar-refractivity contribution in [2.75, 3.05) is 24.6 Å². The van der Waals surface area contributed by atoms with Crippen LogP contribution in [0, 0.1) is 17.1 Å². The topological polar surface area (TPSA) is 177 Å². The minimum Gasteiger partial charge on any atom is -0.395 e. The lowest BCUT2D eigenvalue weighted by molar-refractivity contribution is 0.0947. The van der Waals surface area contributed by atoms with Gasteiger partial charge in [0.25, 0.3) is 5.91 Å². The van der Waals surface area contributed by atoms with Crippen LogP contribution < -0.4 is 16.8 Å². The third-order valence-corrected chi connectivity index (χ3v) is 4.92. The van der Waals surface area contributed by atoms with E-state index in [2.05, 4.69) is 25.3 Å². The van der Waals surface area contributed by atoms with Gasteiger partial charge in [-0.05, 0) is 36.8 Å². The third kappa shape index (κ3) is 5.63. The highest BCUT2D eigenvalue weighted by molar-refractivity contribution is 6.11. The number of carbonyl (C=O) groups excluding carboxylic acids is 1. The number of aryl methyl sites for hydroxylation is 1. The minimum atomic E-state index is -0.443. The first-order chi connectivity index (χ1) is 16.9. The quantitative estimate of drug-likeness (QED) is 0.338. The summed E-state index contributed by atoms with van der Waals surface area (Å²) in [5, 5.41) is 20.5. The van der Waals surface area contributed by atoms with Crippen LogP contribution in [0.25, 0.3) is 22.2 Å². The molecule has 35 heavy (non-hydrogen) atoms. The molecule has 3 aromatic heterocycles. The number of anilines is 2. The van der Waals surface area contributed by atoms with E-state index in [0.29, 0.717) is 39.8 Å². The van der Waals surface area contributed by atoms with Crippen LogP contribution in [0.15, 0.2) is 48.9 Å². The smallest absolute Gasteiger partial charge is 0.252 e. The molecule has 11 heteroatoms. The lowest BCUT2D eigenvalue weighted by Crippen LogP contribution is -2.27. The highest BCUT2D eigenvalue weighted by Crippen LogP contribution is 2.32. The average Bonchev–Trinajstić information content (AvgIpc) is 2.87. The van der Waals surface area contributed by atoms with Crippen molar-refractivity contribution in [3.8, 4) is 17.3 Å². The summed E-state index contributed by atoms with van der Waals surface area (Å²) in [5.41, 5.74) is 13.5. The number of benzene rings is 1. The number of rotatable bonds is 5. The van der Waals surface area contributed by atoms with Gasteiger partial charge in [-0.2, -0.15) is 5.26 Å². The van der Waals surface area contributed by atoms with Crippen LogP contribution in [0.2, 0.25) is 0 Å². The number of aromatic nitrogens is 4. The van der Waals surface area contributed by atoms with E-state index in [1.807, 2.05) is 13.0 Å². The zero-order chi connectivity index (χ0) is 25.4. The second-order valence-electron chi connectivity index (χ2n) is 7.15. The number of nitrogens with two attached hydrogens (primary N) is 2. The molecule has 0 spiro atoms. The number of nitriles is 1. The average molecular weight is 475 g/mol. The molecule has 0 aliphatic rings. The van der Waals surface area contributed by atoms with Crippen LogP contribution in [-0.2, 0) is 6.42 Å². The fourth-order valence-electron chi connectivity index (χ4n) is 3.35. The maximum absolute atomic E-state index is 13.8. The number of aliphatic hydroxyl groups is 1. The normalized spacial score (nSPS) is 10.2. The van der Waals surface area contributed by atoms with Crippen molar-refractivity contribution >= 4 is 28.4 Å². The Morgan fingerprint density at radius 1 is 1.17 bits per heavy atom. The summed E-state index contributed by atoms with van der Waals surface area (Å²) in [6.45, 7) is 1.88. The molecule has 1 aromatic carbocycles. The predicted octanol–water partition coefficient (Wildman–Crippen LogP) is 2.23. The van der Waals surface area contributed by atoms with Gasteiger partial charge < -0.3 is 21.9 Å². The van der Waals surface area contributed by atoms with Crippen LogP contribution in [0.3, 0.4) is 0 Å². The molecule has 0 unspecified atom stereocenters. The molecule has 178 valence electrons. The number of nitrogens with zero attached hydrogens (tertiary/aromatic N) is 5. The maximum Gasteiger partial charge on any atom is 0.252 e. The molecule has 0 fully saturated rings. The van der Waals surface area contributed by atoms with Crippen molar-refractivity contribution < 1.29 is 14.3 Å². The maximum atomic E-state index is 13.8. The van der Waals surface area contributed by atoms with Crippen LogP contribution in [0.1, 0.15) is 28.5 Å². The number of aliphatic hydroxyl groups excluding tert-OH is 1. The second-order valence-corrected chi connectivity index (χ2v) is 7.15. The zero-order valence-corrected chi connectivity index (χ0v) is 18.9. The van der Waals surface area contributed by atoms with Gasteiger partial charge in [0.1, 0.15) is 35.4 Å². The van der Waals surface area contributed by atoms with Crippen LogP contribution in [0.5, 0.6) is 0 Å². The van der Waals surface area contributed by atoms with Crippen molar-refractivity contribution in [1.82, 2.24) is 25.3 Å². The molecule has 10 nitrogen and oxygen atoms in total. The van der Waals surface area contributed by atoms with Crippen LogP contribution in [-0.4, -0.2) is 44.1 Å². The molecule has 0 saturated carbocycles. The summed E-state index contributed by atoms with van der Waals surface area (Å²) in [5.74, 6) is -0.589. The Morgan fingerprint density at radius 2 is 1.91 bits per heavy atom. The third-order valence-electron chi connectivity index (χ3n) is 4.92. The van der Waals surface area contributed by atoms with Gasteiger partial charge in [0.15, 0.2) is 0 Å². The Bertz CT molecular complexity index is 1370. The number of carbonyl (C=O) groups is 1. The zero-order valence-electron chi connectivity index (χ0n) is 18.9. The summed E-state index contributed by atoms with van der Waals surface area (Å²) in [6, 6.07) is 11.4. The number of hydrogen-bond acceptors (Lipinski definition) is 9. The summed E-state index contributed by atoms with van der Waals surface area (Å²) in [6.07, 6.45) is 3.45. The molecule has 0 atom stereocenters. The van der Waals surface area contributed by atoms with Crippen LogP contribution >= 0.6 is 0 Å². The van der Waals surface area contributed by atoms with Gasteiger partial charge in [-0.25, -0.2) is 14.4 Å². The Kier molecular flexibility index (Phi) is 8.15. The first kappa shape index (κ1) is 24.9. The SMILES string of the molecule is CCc1nc2ccc(F)cc2c(C(=O)NCCO)c1-c1ccccn1.N#Cc1c(N)ncnc1N. The molecule has 0 aliphatic carbocycles. The minimum absolute atomic E-state index is 0.112. The Morgan fingerprint density at radius 3 is 2.49 bits per heavy atom. The molecular weight excluding hydrogens is 451 g/mol. The summed E-state index contributed by atoms with van der Waals surface area (Å²) in [7, 11) is 0. The fourth-order valence-corrected chi connectivity index (χ4v) is 3.35. The molecule has 0 bridgehead atoms. The first-order valence-corrected chi connectivity index (χ1v) is 10.6. The highest BCUT2D eigenvalue weighted by Gasteiger charge is 2.22. The number of hydrogen-bond donors (Lipinski definition) is 4. The Labute approximate surface area is 200 Å². The number of halogens is 1. The molecule has 3 heterocycles. The first-order valence-electron chi connectivity index (χ1n) is 10.6. The number of fused-ring (bicyclic) bond motifs is 1. The van der Waals surface area contributed by atoms with Gasteiger partial charge in [-0.15, -0.1) is 0 Å². The predicted molar refractivity (Wildman–Crippen MR) is 129 cm³/mol. The summed E-state index contributed by atoms with van der Waals surface area (Å²) < 4.78 is 13.8. The molecule has 0 saturated heterocycles. The largest absolute Gasteiger partial charge is 0.395 e. The van der Waals surface area contributed by atoms with Gasteiger partial charge in [0.2, 0.25) is 0 Å². The summed E-state index contributed by atoms with van der Waals surface area (Å²) in [4.78, 5) is 28.9. The molecular formula is C24H23FN8O2. The van der Waals surface area contributed by atoms with Crippen LogP contribution in [0.4, 0.5) is 16.0 Å². The lowest BCUT2D eigenvalue weighted by Gasteiger charge is -2.16. The van der Waals surface area contributed by atoms with E-state index in [9.17, 15) is 9.18 Å². The lowest BCUT2D eigenvalue weighted by atomic mass is 9.95. The van der Waals surface area contributed by atoms with Crippen molar-refractivity contribution in [1.29, 1.82) is 5.26 Å². The van der Waals surface area contributed by atoms with Gasteiger partial charge in [0.05, 0.1) is 29.1 Å². The van der Waals surface area contributed by atoms with Gasteiger partial charge in [0, 0.05) is 23.7 Å². The highest BCUT2D eigenvalue weighted by atomic mass is 19.1. The van der Waals surface area contributed by atoms with Gasteiger partial charge in [-0.3, -0.25) is 14.8 Å². The van der Waals surface area contributed by atoms with E-state index in [4.69, 9.17) is 21.8 Å². The van der Waals surface area contributed by atoms with E-state index in [1.165, 1.54) is 18.5 Å². The summed E-state index contributed by atoms with van der Waals surface area (Å²) >= 11 is 0. The van der Waals surface area contributed by atoms with Crippen molar-refractivity contribution in [2.24, 2.45) is 0 Å². The molecule has 0 radical (unpaired) electrons. The molecule has 0 aliphatic heterocycles. The second kappa shape index (κ2) is 11.4. The van der Waals surface area contributed by atoms with E-state index in [-0.39, 0.29) is 36.3 Å². The van der Waals surface area contributed by atoms with Crippen molar-refractivity contribution in [3.63, 3.8) is 0 Å². The van der Waals surface area contributed by atoms with E-state index in [0.717, 1.165) is 0 Å². The Balaban J connectivity index is 0.000000287. The molecule has 4 rings (SSSR count). The number of pyridine rings is 2. The fraction of sp³-hybridized carbons (Fsp3) is 0.167. The van der Waals surface area contributed by atoms with Gasteiger partial charge in [-0.1, -0.05) is 13.0 Å². The van der Waals surface area contributed by atoms with Crippen molar-refractivity contribution in [2.45, 2.75) is 13.3 Å². The number of nitrogen functional groups attached to an aromatic ring is 2. The molecule has 1 amide bonds. The molecule has 6 N–H and O–H groups in total. The van der Waals surface area contributed by atoms with Gasteiger partial charge >= 0.3 is 0 Å². The number of nitrogens with one attached hydrogen (secondary N) is 1. The van der Waals surface area contributed by atoms with E-state index >= 15 is 0 Å². The van der Waals surface area contributed by atoms with E-state index < -0.39 is 5.82 Å².